The van der Waals surface area contributed by atoms with Crippen molar-refractivity contribution in [2.24, 2.45) is 5.92 Å². The molecule has 0 N–H and O–H groups in total. The Bertz CT molecular complexity index is 647. The van der Waals surface area contributed by atoms with Crippen molar-refractivity contribution < 1.29 is 14.4 Å². The van der Waals surface area contributed by atoms with Crippen molar-refractivity contribution in [3.63, 3.8) is 0 Å². The summed E-state index contributed by atoms with van der Waals surface area (Å²) in [7, 11) is 0. The Morgan fingerprint density at radius 2 is 1.95 bits per heavy atom. The van der Waals surface area contributed by atoms with Crippen LogP contribution in [0, 0.1) is 12.8 Å². The second-order valence-electron chi connectivity index (χ2n) is 5.79. The third-order valence-electron chi connectivity index (χ3n) is 4.34. The molecule has 1 aromatic rings. The van der Waals surface area contributed by atoms with Gasteiger partial charge in [-0.3, -0.25) is 19.3 Å². The smallest absolute Gasteiger partial charge is 0.297 e. The maximum absolute atomic E-state index is 12.3. The fraction of sp³-hybridized carbons (Fsp3) is 0.438. The van der Waals surface area contributed by atoms with Crippen molar-refractivity contribution in [2.45, 2.75) is 32.6 Å². The summed E-state index contributed by atoms with van der Waals surface area (Å²) in [6.07, 6.45) is 3.96. The molecular weight excluding hydrogens is 334 g/mol. The molecule has 3 rings (SSSR count). The molecule has 0 spiro atoms. The van der Waals surface area contributed by atoms with Crippen LogP contribution in [-0.2, 0) is 9.59 Å². The number of halogens is 1. The number of Topliss-reactive ketones (excluding diaryl/α,β-unsaturated/α-hetero) is 2. The molecule has 1 heterocycles. The number of hydrogen-bond donors (Lipinski definition) is 0. The minimum absolute atomic E-state index is 0.0186. The lowest BCUT2D eigenvalue weighted by Crippen LogP contribution is -2.37. The molecule has 0 bridgehead atoms. The van der Waals surface area contributed by atoms with Crippen LogP contribution >= 0.6 is 15.9 Å². The van der Waals surface area contributed by atoms with Gasteiger partial charge in [-0.2, -0.15) is 0 Å². The summed E-state index contributed by atoms with van der Waals surface area (Å²) in [4.78, 5) is 38.0. The molecule has 1 fully saturated rings. The second-order valence-corrected chi connectivity index (χ2v) is 6.70. The maximum atomic E-state index is 12.3. The first-order valence-corrected chi connectivity index (χ1v) is 7.97. The number of aryl methyl sites for hydroxylation is 1. The van der Waals surface area contributed by atoms with Gasteiger partial charge in [0.25, 0.3) is 11.7 Å². The van der Waals surface area contributed by atoms with Crippen LogP contribution in [-0.4, -0.2) is 24.0 Å². The summed E-state index contributed by atoms with van der Waals surface area (Å²) in [5.41, 5.74) is 1.82. The van der Waals surface area contributed by atoms with Gasteiger partial charge in [0.15, 0.2) is 5.78 Å². The summed E-state index contributed by atoms with van der Waals surface area (Å²) in [5.74, 6) is -0.984. The first-order valence-electron chi connectivity index (χ1n) is 7.18. The van der Waals surface area contributed by atoms with E-state index in [1.54, 1.807) is 6.07 Å². The van der Waals surface area contributed by atoms with Gasteiger partial charge in [-0.25, -0.2) is 0 Å². The van der Waals surface area contributed by atoms with Crippen LogP contribution in [0.1, 0.15) is 41.6 Å². The molecule has 0 unspecified atom stereocenters. The van der Waals surface area contributed by atoms with E-state index in [2.05, 4.69) is 15.9 Å². The SMILES string of the molecule is Cc1cc(Br)cc2c1N(CC(=O)C1CCCC1)C(=O)C2=O. The monoisotopic (exact) mass is 349 g/mol. The lowest BCUT2D eigenvalue weighted by Gasteiger charge is -2.19. The molecule has 1 amide bonds. The van der Waals surface area contributed by atoms with Gasteiger partial charge in [-0.15, -0.1) is 0 Å². The maximum Gasteiger partial charge on any atom is 0.299 e. The number of amides is 1. The van der Waals surface area contributed by atoms with Crippen LogP contribution in [0.2, 0.25) is 0 Å². The molecule has 0 radical (unpaired) electrons. The number of ketones is 2. The molecule has 1 aliphatic carbocycles. The average Bonchev–Trinajstić information content (AvgIpc) is 3.03. The van der Waals surface area contributed by atoms with Crippen LogP contribution in [0.4, 0.5) is 5.69 Å². The van der Waals surface area contributed by atoms with Crippen LogP contribution in [0.5, 0.6) is 0 Å². The zero-order chi connectivity index (χ0) is 15.1. The van der Waals surface area contributed by atoms with E-state index in [0.717, 1.165) is 35.7 Å². The van der Waals surface area contributed by atoms with E-state index in [1.807, 2.05) is 13.0 Å². The van der Waals surface area contributed by atoms with Crippen molar-refractivity contribution >= 4 is 39.1 Å². The zero-order valence-electron chi connectivity index (χ0n) is 11.8. The number of fused-ring (bicyclic) bond motifs is 1. The summed E-state index contributed by atoms with van der Waals surface area (Å²) < 4.78 is 0.767. The van der Waals surface area contributed by atoms with Crippen LogP contribution in [0.3, 0.4) is 0 Å². The molecule has 21 heavy (non-hydrogen) atoms. The molecule has 5 heteroatoms. The van der Waals surface area contributed by atoms with Gasteiger partial charge < -0.3 is 0 Å². The highest BCUT2D eigenvalue weighted by atomic mass is 79.9. The topological polar surface area (TPSA) is 54.5 Å². The van der Waals surface area contributed by atoms with Gasteiger partial charge in [0.2, 0.25) is 0 Å². The number of hydrogen-bond acceptors (Lipinski definition) is 3. The predicted molar refractivity (Wildman–Crippen MR) is 82.5 cm³/mol. The molecule has 1 aromatic carbocycles. The molecule has 4 nitrogen and oxygen atoms in total. The number of benzene rings is 1. The van der Waals surface area contributed by atoms with Crippen molar-refractivity contribution in [1.82, 2.24) is 0 Å². The number of carbonyl (C=O) groups is 3. The van der Waals surface area contributed by atoms with E-state index in [0.29, 0.717) is 11.3 Å². The Morgan fingerprint density at radius 3 is 2.62 bits per heavy atom. The fourth-order valence-corrected chi connectivity index (χ4v) is 3.86. The van der Waals surface area contributed by atoms with Gasteiger partial charge >= 0.3 is 0 Å². The van der Waals surface area contributed by atoms with Crippen LogP contribution < -0.4 is 4.90 Å². The third-order valence-corrected chi connectivity index (χ3v) is 4.80. The summed E-state index contributed by atoms with van der Waals surface area (Å²) >= 11 is 3.34. The van der Waals surface area contributed by atoms with Gasteiger partial charge in [0.1, 0.15) is 0 Å². The van der Waals surface area contributed by atoms with E-state index in [9.17, 15) is 14.4 Å². The number of carbonyl (C=O) groups excluding carboxylic acids is 3. The Morgan fingerprint density at radius 1 is 1.29 bits per heavy atom. The average molecular weight is 350 g/mol. The van der Waals surface area contributed by atoms with E-state index < -0.39 is 11.7 Å². The summed E-state index contributed by atoms with van der Waals surface area (Å²) in [6, 6.07) is 3.51. The Kier molecular flexibility index (Phi) is 3.69. The van der Waals surface area contributed by atoms with E-state index in [4.69, 9.17) is 0 Å². The van der Waals surface area contributed by atoms with Crippen molar-refractivity contribution in [3.8, 4) is 0 Å². The van der Waals surface area contributed by atoms with Crippen molar-refractivity contribution in [3.05, 3.63) is 27.7 Å². The molecule has 1 aliphatic heterocycles. The highest BCUT2D eigenvalue weighted by Gasteiger charge is 2.39. The standard InChI is InChI=1S/C16H16BrNO3/c1-9-6-11(17)7-12-14(9)18(16(21)15(12)20)8-13(19)10-4-2-3-5-10/h6-7,10H,2-5,8H2,1H3. The molecule has 2 aliphatic rings. The summed E-state index contributed by atoms with van der Waals surface area (Å²) in [5, 5.41) is 0. The molecule has 110 valence electrons. The normalized spacial score (nSPS) is 18.5. The number of anilines is 1. The lowest BCUT2D eigenvalue weighted by molar-refractivity contribution is -0.123. The number of rotatable bonds is 3. The quantitative estimate of drug-likeness (QED) is 0.788. The first-order chi connectivity index (χ1) is 9.99. The van der Waals surface area contributed by atoms with Gasteiger partial charge in [-0.1, -0.05) is 28.8 Å². The highest BCUT2D eigenvalue weighted by Crippen LogP contribution is 2.35. The Balaban J connectivity index is 1.92. The third kappa shape index (κ3) is 2.44. The minimum atomic E-state index is -0.586. The molecule has 0 aromatic heterocycles. The Hall–Kier alpha value is -1.49. The molecule has 0 saturated heterocycles. The van der Waals surface area contributed by atoms with Gasteiger partial charge in [-0.05, 0) is 37.5 Å². The molecule has 1 saturated carbocycles. The predicted octanol–water partition coefficient (Wildman–Crippen LogP) is 3.05. The summed E-state index contributed by atoms with van der Waals surface area (Å²) in [6.45, 7) is 1.87. The van der Waals surface area contributed by atoms with Crippen molar-refractivity contribution in [2.75, 3.05) is 11.4 Å². The van der Waals surface area contributed by atoms with Gasteiger partial charge in [0, 0.05) is 10.4 Å². The first kappa shape index (κ1) is 14.4. The minimum Gasteiger partial charge on any atom is -0.297 e. The molecule has 0 atom stereocenters. The van der Waals surface area contributed by atoms with E-state index >= 15 is 0 Å². The van der Waals surface area contributed by atoms with E-state index in [-0.39, 0.29) is 18.2 Å². The fourth-order valence-electron chi connectivity index (χ4n) is 3.29. The molecular formula is C16H16BrNO3. The largest absolute Gasteiger partial charge is 0.299 e. The number of nitrogens with zero attached hydrogens (tertiary/aromatic N) is 1. The Labute approximate surface area is 131 Å². The zero-order valence-corrected chi connectivity index (χ0v) is 13.4. The lowest BCUT2D eigenvalue weighted by atomic mass is 10.0. The van der Waals surface area contributed by atoms with Crippen molar-refractivity contribution in [1.29, 1.82) is 0 Å². The van der Waals surface area contributed by atoms with Gasteiger partial charge in [0.05, 0.1) is 17.8 Å². The van der Waals surface area contributed by atoms with Crippen LogP contribution in [0.15, 0.2) is 16.6 Å². The highest BCUT2D eigenvalue weighted by molar-refractivity contribution is 9.10. The second kappa shape index (κ2) is 5.37. The van der Waals surface area contributed by atoms with E-state index in [1.165, 1.54) is 4.90 Å². The van der Waals surface area contributed by atoms with Crippen LogP contribution in [0.25, 0.3) is 0 Å².